The average molecular weight is 369 g/mol. The van der Waals surface area contributed by atoms with Crippen LogP contribution in [0.5, 0.6) is 0 Å². The van der Waals surface area contributed by atoms with Crippen LogP contribution in [0.1, 0.15) is 18.2 Å². The van der Waals surface area contributed by atoms with Gasteiger partial charge in [-0.25, -0.2) is 0 Å². The maximum Gasteiger partial charge on any atom is 0.244 e. The highest BCUT2D eigenvalue weighted by Crippen LogP contribution is 2.29. The Kier molecular flexibility index (Phi) is 5.20. The molecule has 1 amide bonds. The number of carbonyl (C=O) groups is 1. The van der Waals surface area contributed by atoms with Crippen LogP contribution in [0.3, 0.4) is 0 Å². The molecule has 0 saturated heterocycles. The number of fused-ring (bicyclic) bond motifs is 3. The summed E-state index contributed by atoms with van der Waals surface area (Å²) in [5.74, 6) is -0.0907. The summed E-state index contributed by atoms with van der Waals surface area (Å²) < 4.78 is 2.32. The fraction of sp³-hybridized carbons (Fsp3) is 0.167. The summed E-state index contributed by atoms with van der Waals surface area (Å²) in [7, 11) is 0. The third-order valence-electron chi connectivity index (χ3n) is 4.95. The monoisotopic (exact) mass is 369 g/mol. The summed E-state index contributed by atoms with van der Waals surface area (Å²) in [4.78, 5) is 16.4. The largest absolute Gasteiger partial charge is 0.352 e. The quantitative estimate of drug-likeness (QED) is 0.506. The van der Waals surface area contributed by atoms with Crippen LogP contribution in [0.2, 0.25) is 0 Å². The number of hydrogen-bond donors (Lipinski definition) is 1. The van der Waals surface area contributed by atoms with E-state index in [1.54, 1.807) is 12.3 Å². The minimum absolute atomic E-state index is 0.0907. The van der Waals surface area contributed by atoms with Crippen molar-refractivity contribution in [3.05, 3.63) is 84.2 Å². The lowest BCUT2D eigenvalue weighted by atomic mass is 10.1. The van der Waals surface area contributed by atoms with Crippen molar-refractivity contribution in [1.29, 1.82) is 0 Å². The molecule has 2 heterocycles. The number of amides is 1. The zero-order valence-electron chi connectivity index (χ0n) is 15.9. The SMILES string of the molecule is CCn1c2ccccc2c2cc(/C=C/C(=O)NCCc3ccccn3)ccc21. The van der Waals surface area contributed by atoms with Crippen LogP contribution in [0.15, 0.2) is 72.9 Å². The number of benzene rings is 2. The zero-order valence-corrected chi connectivity index (χ0v) is 15.9. The molecule has 0 atom stereocenters. The Bertz CT molecular complexity index is 1140. The van der Waals surface area contributed by atoms with E-state index in [1.807, 2.05) is 24.3 Å². The molecule has 4 nitrogen and oxygen atoms in total. The van der Waals surface area contributed by atoms with Gasteiger partial charge in [-0.3, -0.25) is 9.78 Å². The van der Waals surface area contributed by atoms with Gasteiger partial charge in [-0.05, 0) is 48.9 Å². The maximum absolute atomic E-state index is 12.1. The number of pyridine rings is 1. The molecule has 2 aromatic heterocycles. The molecule has 0 spiro atoms. The Labute approximate surface area is 164 Å². The molecule has 28 heavy (non-hydrogen) atoms. The number of nitrogens with one attached hydrogen (secondary N) is 1. The van der Waals surface area contributed by atoms with Crippen LogP contribution in [-0.2, 0) is 17.8 Å². The van der Waals surface area contributed by atoms with E-state index in [9.17, 15) is 4.79 Å². The summed E-state index contributed by atoms with van der Waals surface area (Å²) in [6.45, 7) is 3.66. The lowest BCUT2D eigenvalue weighted by Gasteiger charge is -2.03. The summed E-state index contributed by atoms with van der Waals surface area (Å²) in [5.41, 5.74) is 4.46. The molecule has 0 aliphatic carbocycles. The lowest BCUT2D eigenvalue weighted by molar-refractivity contribution is -0.116. The topological polar surface area (TPSA) is 46.9 Å². The number of hydrogen-bond acceptors (Lipinski definition) is 2. The molecular weight excluding hydrogens is 346 g/mol. The standard InChI is InChI=1S/C24H23N3O/c1-2-27-22-9-4-3-8-20(22)21-17-18(10-12-23(21)27)11-13-24(28)26-16-14-19-7-5-6-15-25-19/h3-13,15,17H,2,14,16H2,1H3,(H,26,28)/b13-11+. The molecular formula is C24H23N3O. The fourth-order valence-corrected chi connectivity index (χ4v) is 3.61. The summed E-state index contributed by atoms with van der Waals surface area (Å²) in [5, 5.41) is 5.37. The normalized spacial score (nSPS) is 11.5. The van der Waals surface area contributed by atoms with E-state index in [0.717, 1.165) is 24.2 Å². The minimum Gasteiger partial charge on any atom is -0.352 e. The highest BCUT2D eigenvalue weighted by molar-refractivity contribution is 6.08. The van der Waals surface area contributed by atoms with Gasteiger partial charge in [0.05, 0.1) is 0 Å². The number of nitrogens with zero attached hydrogens (tertiary/aromatic N) is 2. The predicted molar refractivity (Wildman–Crippen MR) is 115 cm³/mol. The smallest absolute Gasteiger partial charge is 0.244 e. The van der Waals surface area contributed by atoms with Crippen molar-refractivity contribution in [3.63, 3.8) is 0 Å². The second kappa shape index (κ2) is 8.09. The average Bonchev–Trinajstić information content (AvgIpc) is 3.06. The van der Waals surface area contributed by atoms with Crippen LogP contribution in [0, 0.1) is 0 Å². The van der Waals surface area contributed by atoms with Crippen molar-refractivity contribution in [3.8, 4) is 0 Å². The highest BCUT2D eigenvalue weighted by Gasteiger charge is 2.09. The summed E-state index contributed by atoms with van der Waals surface area (Å²) in [6.07, 6.45) is 5.96. The van der Waals surface area contributed by atoms with E-state index in [2.05, 4.69) is 64.3 Å². The number of carbonyl (C=O) groups excluding carboxylic acids is 1. The molecule has 140 valence electrons. The molecule has 4 heteroatoms. The first kappa shape index (κ1) is 18.0. The molecule has 4 rings (SSSR count). The molecule has 0 saturated carbocycles. The van der Waals surface area contributed by atoms with E-state index in [1.165, 1.54) is 21.8 Å². The van der Waals surface area contributed by atoms with Gasteiger partial charge < -0.3 is 9.88 Å². The van der Waals surface area contributed by atoms with Crippen LogP contribution < -0.4 is 5.32 Å². The minimum atomic E-state index is -0.0907. The first-order valence-electron chi connectivity index (χ1n) is 9.63. The molecule has 4 aromatic rings. The van der Waals surface area contributed by atoms with Gasteiger partial charge >= 0.3 is 0 Å². The van der Waals surface area contributed by atoms with Crippen LogP contribution in [-0.4, -0.2) is 22.0 Å². The van der Waals surface area contributed by atoms with Crippen molar-refractivity contribution in [2.75, 3.05) is 6.54 Å². The van der Waals surface area contributed by atoms with Gasteiger partial charge in [0.1, 0.15) is 0 Å². The van der Waals surface area contributed by atoms with E-state index in [0.29, 0.717) is 6.54 Å². The third kappa shape index (κ3) is 3.67. The van der Waals surface area contributed by atoms with Gasteiger partial charge in [0.15, 0.2) is 0 Å². The molecule has 0 radical (unpaired) electrons. The van der Waals surface area contributed by atoms with E-state index < -0.39 is 0 Å². The molecule has 0 aliphatic heterocycles. The van der Waals surface area contributed by atoms with Gasteiger partial charge in [-0.1, -0.05) is 30.3 Å². The zero-order chi connectivity index (χ0) is 19.3. The third-order valence-corrected chi connectivity index (χ3v) is 4.95. The van der Waals surface area contributed by atoms with Crippen molar-refractivity contribution in [1.82, 2.24) is 14.9 Å². The number of aryl methyl sites for hydroxylation is 1. The second-order valence-corrected chi connectivity index (χ2v) is 6.73. The van der Waals surface area contributed by atoms with E-state index in [-0.39, 0.29) is 5.91 Å². The maximum atomic E-state index is 12.1. The molecule has 0 bridgehead atoms. The van der Waals surface area contributed by atoms with Gasteiger partial charge in [-0.15, -0.1) is 0 Å². The summed E-state index contributed by atoms with van der Waals surface area (Å²) >= 11 is 0. The van der Waals surface area contributed by atoms with Gasteiger partial charge in [0.25, 0.3) is 0 Å². The molecule has 1 N–H and O–H groups in total. The summed E-state index contributed by atoms with van der Waals surface area (Å²) in [6, 6.07) is 20.6. The fourth-order valence-electron chi connectivity index (χ4n) is 3.61. The Balaban J connectivity index is 1.48. The molecule has 0 unspecified atom stereocenters. The Morgan fingerprint density at radius 3 is 2.68 bits per heavy atom. The number of aromatic nitrogens is 2. The van der Waals surface area contributed by atoms with Crippen molar-refractivity contribution >= 4 is 33.8 Å². The molecule has 0 fully saturated rings. The van der Waals surface area contributed by atoms with Crippen LogP contribution in [0.25, 0.3) is 27.9 Å². The molecule has 0 aliphatic rings. The lowest BCUT2D eigenvalue weighted by Crippen LogP contribution is -2.23. The number of rotatable bonds is 6. The molecule has 2 aromatic carbocycles. The first-order valence-corrected chi connectivity index (χ1v) is 9.63. The second-order valence-electron chi connectivity index (χ2n) is 6.73. The van der Waals surface area contributed by atoms with Crippen LogP contribution in [0.4, 0.5) is 0 Å². The Morgan fingerprint density at radius 2 is 1.86 bits per heavy atom. The van der Waals surface area contributed by atoms with E-state index in [4.69, 9.17) is 0 Å². The van der Waals surface area contributed by atoms with E-state index >= 15 is 0 Å². The van der Waals surface area contributed by atoms with Crippen LogP contribution >= 0.6 is 0 Å². The Morgan fingerprint density at radius 1 is 1.04 bits per heavy atom. The Hall–Kier alpha value is -3.40. The van der Waals surface area contributed by atoms with Gasteiger partial charge in [0, 0.05) is 59.3 Å². The van der Waals surface area contributed by atoms with Crippen molar-refractivity contribution in [2.24, 2.45) is 0 Å². The van der Waals surface area contributed by atoms with Gasteiger partial charge in [0.2, 0.25) is 5.91 Å². The first-order chi connectivity index (χ1) is 13.8. The highest BCUT2D eigenvalue weighted by atomic mass is 16.1. The van der Waals surface area contributed by atoms with Gasteiger partial charge in [-0.2, -0.15) is 0 Å². The van der Waals surface area contributed by atoms with Crippen molar-refractivity contribution in [2.45, 2.75) is 19.9 Å². The predicted octanol–water partition coefficient (Wildman–Crippen LogP) is 4.58. The number of para-hydroxylation sites is 1. The van der Waals surface area contributed by atoms with Crippen molar-refractivity contribution < 1.29 is 4.79 Å².